The second-order valence-electron chi connectivity index (χ2n) is 5.27. The van der Waals surface area contributed by atoms with Crippen molar-refractivity contribution in [3.8, 4) is 23.0 Å². The molecule has 0 unspecified atom stereocenters. The lowest BCUT2D eigenvalue weighted by Gasteiger charge is -2.01. The van der Waals surface area contributed by atoms with Gasteiger partial charge >= 0.3 is 5.97 Å². The summed E-state index contributed by atoms with van der Waals surface area (Å²) in [4.78, 5) is 27.5. The highest BCUT2D eigenvalue weighted by molar-refractivity contribution is 5.87. The maximum Gasteiger partial charge on any atom is 0.337 e. The lowest BCUT2D eigenvalue weighted by Crippen LogP contribution is -2.17. The number of aromatic nitrogens is 3. The zero-order valence-electron chi connectivity index (χ0n) is 12.9. The standard InChI is InChI=1S/C17H11FN4O3/c1-9-15(10-2-3-11(7-19)13(18)6-10)16(23)22(21-9)14-5-4-12(8-20-14)17(24)25/h2-6,8,21H,1H3,(H,24,25). The molecule has 2 aromatic heterocycles. The summed E-state index contributed by atoms with van der Waals surface area (Å²) in [6.07, 6.45) is 1.14. The van der Waals surface area contributed by atoms with E-state index in [0.29, 0.717) is 11.3 Å². The molecule has 0 spiro atoms. The fraction of sp³-hybridized carbons (Fsp3) is 0.0588. The van der Waals surface area contributed by atoms with Crippen molar-refractivity contribution in [3.63, 3.8) is 0 Å². The number of rotatable bonds is 3. The van der Waals surface area contributed by atoms with Gasteiger partial charge in [0, 0.05) is 11.9 Å². The minimum absolute atomic E-state index is 0.00513. The molecule has 0 bridgehead atoms. The molecule has 0 radical (unpaired) electrons. The monoisotopic (exact) mass is 338 g/mol. The number of aromatic carboxylic acids is 1. The van der Waals surface area contributed by atoms with E-state index in [1.54, 1.807) is 13.0 Å². The molecular weight excluding hydrogens is 327 g/mol. The van der Waals surface area contributed by atoms with E-state index in [0.717, 1.165) is 16.9 Å². The molecule has 124 valence electrons. The molecule has 3 aromatic rings. The Morgan fingerprint density at radius 3 is 2.68 bits per heavy atom. The van der Waals surface area contributed by atoms with Gasteiger partial charge in [0.2, 0.25) is 0 Å². The van der Waals surface area contributed by atoms with E-state index in [2.05, 4.69) is 10.1 Å². The van der Waals surface area contributed by atoms with E-state index in [1.165, 1.54) is 24.3 Å². The number of hydrogen-bond acceptors (Lipinski definition) is 4. The van der Waals surface area contributed by atoms with Crippen molar-refractivity contribution in [2.75, 3.05) is 0 Å². The maximum atomic E-state index is 13.8. The van der Waals surface area contributed by atoms with E-state index in [1.807, 2.05) is 0 Å². The fourth-order valence-electron chi connectivity index (χ4n) is 2.45. The van der Waals surface area contributed by atoms with Crippen LogP contribution < -0.4 is 5.56 Å². The van der Waals surface area contributed by atoms with E-state index < -0.39 is 17.3 Å². The number of halogens is 1. The number of nitriles is 1. The number of carbonyl (C=O) groups is 1. The Bertz CT molecular complexity index is 1070. The van der Waals surface area contributed by atoms with Crippen LogP contribution in [-0.2, 0) is 0 Å². The molecule has 0 aliphatic heterocycles. The van der Waals surface area contributed by atoms with Gasteiger partial charge in [0.1, 0.15) is 11.9 Å². The molecule has 0 aliphatic carbocycles. The highest BCUT2D eigenvalue weighted by Gasteiger charge is 2.17. The number of H-pyrrole nitrogens is 1. The van der Waals surface area contributed by atoms with Gasteiger partial charge in [-0.05, 0) is 36.8 Å². The quantitative estimate of drug-likeness (QED) is 0.760. The van der Waals surface area contributed by atoms with Crippen LogP contribution in [0, 0.1) is 24.1 Å². The molecule has 2 heterocycles. The Labute approximate surface area is 140 Å². The molecule has 25 heavy (non-hydrogen) atoms. The Morgan fingerprint density at radius 1 is 1.36 bits per heavy atom. The number of hydrogen-bond donors (Lipinski definition) is 2. The van der Waals surface area contributed by atoms with Gasteiger partial charge in [-0.1, -0.05) is 6.07 Å². The van der Waals surface area contributed by atoms with Crippen molar-refractivity contribution in [2.24, 2.45) is 0 Å². The van der Waals surface area contributed by atoms with Crippen molar-refractivity contribution in [2.45, 2.75) is 6.92 Å². The van der Waals surface area contributed by atoms with Crippen molar-refractivity contribution in [1.82, 2.24) is 14.8 Å². The van der Waals surface area contributed by atoms with Gasteiger partial charge in [0.05, 0.1) is 16.7 Å². The molecule has 7 nitrogen and oxygen atoms in total. The number of benzene rings is 1. The van der Waals surface area contributed by atoms with Gasteiger partial charge < -0.3 is 5.11 Å². The van der Waals surface area contributed by atoms with Gasteiger partial charge in [-0.2, -0.15) is 5.26 Å². The third-order valence-electron chi connectivity index (χ3n) is 3.67. The average Bonchev–Trinajstić information content (AvgIpc) is 2.89. The predicted octanol–water partition coefficient (Wildman–Crippen LogP) is 2.25. The third kappa shape index (κ3) is 2.79. The highest BCUT2D eigenvalue weighted by atomic mass is 19.1. The Balaban J connectivity index is 2.10. The lowest BCUT2D eigenvalue weighted by molar-refractivity contribution is 0.0696. The summed E-state index contributed by atoms with van der Waals surface area (Å²) in [5.41, 5.74) is 0.483. The number of carboxylic acid groups (broad SMARTS) is 1. The first-order valence-electron chi connectivity index (χ1n) is 7.13. The molecule has 0 aliphatic rings. The van der Waals surface area contributed by atoms with Gasteiger partial charge in [0.25, 0.3) is 5.56 Å². The van der Waals surface area contributed by atoms with Gasteiger partial charge in [0.15, 0.2) is 5.82 Å². The summed E-state index contributed by atoms with van der Waals surface area (Å²) in [6, 6.07) is 8.37. The molecule has 1 aromatic carbocycles. The van der Waals surface area contributed by atoms with E-state index in [-0.39, 0.29) is 22.5 Å². The first-order valence-corrected chi connectivity index (χ1v) is 7.13. The number of aromatic amines is 1. The molecule has 0 fully saturated rings. The lowest BCUT2D eigenvalue weighted by atomic mass is 10.0. The van der Waals surface area contributed by atoms with Crippen molar-refractivity contribution in [3.05, 3.63) is 69.5 Å². The van der Waals surface area contributed by atoms with E-state index in [4.69, 9.17) is 10.4 Å². The van der Waals surface area contributed by atoms with Crippen LogP contribution in [0.2, 0.25) is 0 Å². The minimum Gasteiger partial charge on any atom is -0.478 e. The van der Waals surface area contributed by atoms with Crippen molar-refractivity contribution < 1.29 is 14.3 Å². The minimum atomic E-state index is -1.12. The molecule has 8 heteroatoms. The summed E-state index contributed by atoms with van der Waals surface area (Å²) >= 11 is 0. The van der Waals surface area contributed by atoms with E-state index in [9.17, 15) is 14.0 Å². The Morgan fingerprint density at radius 2 is 2.12 bits per heavy atom. The number of pyridine rings is 1. The summed E-state index contributed by atoms with van der Waals surface area (Å²) < 4.78 is 15.0. The largest absolute Gasteiger partial charge is 0.478 e. The second-order valence-corrected chi connectivity index (χ2v) is 5.27. The first-order chi connectivity index (χ1) is 11.9. The molecule has 0 saturated heterocycles. The normalized spacial score (nSPS) is 10.4. The van der Waals surface area contributed by atoms with Gasteiger partial charge in [-0.25, -0.2) is 18.9 Å². The summed E-state index contributed by atoms with van der Waals surface area (Å²) in [7, 11) is 0. The SMILES string of the molecule is Cc1[nH]n(-c2ccc(C(=O)O)cn2)c(=O)c1-c1ccc(C#N)c(F)c1. The molecule has 2 N–H and O–H groups in total. The zero-order valence-corrected chi connectivity index (χ0v) is 12.9. The Hall–Kier alpha value is -3.73. The highest BCUT2D eigenvalue weighted by Crippen LogP contribution is 2.22. The summed E-state index contributed by atoms with van der Waals surface area (Å²) in [5.74, 6) is -1.63. The van der Waals surface area contributed by atoms with Crippen LogP contribution in [0.4, 0.5) is 4.39 Å². The van der Waals surface area contributed by atoms with Crippen molar-refractivity contribution >= 4 is 5.97 Å². The molecule has 3 rings (SSSR count). The van der Waals surface area contributed by atoms with Crippen LogP contribution in [0.5, 0.6) is 0 Å². The summed E-state index contributed by atoms with van der Waals surface area (Å²) in [6.45, 7) is 1.65. The van der Waals surface area contributed by atoms with Crippen LogP contribution in [0.15, 0.2) is 41.3 Å². The van der Waals surface area contributed by atoms with Gasteiger partial charge in [-0.3, -0.25) is 9.89 Å². The molecule has 0 atom stereocenters. The molecular formula is C17H11FN4O3. The van der Waals surface area contributed by atoms with Crippen molar-refractivity contribution in [1.29, 1.82) is 5.26 Å². The molecule has 0 saturated carbocycles. The average molecular weight is 338 g/mol. The molecule has 0 amide bonds. The van der Waals surface area contributed by atoms with Crippen LogP contribution in [0.3, 0.4) is 0 Å². The fourth-order valence-corrected chi connectivity index (χ4v) is 2.45. The van der Waals surface area contributed by atoms with Gasteiger partial charge in [-0.15, -0.1) is 0 Å². The van der Waals surface area contributed by atoms with Crippen LogP contribution in [0.1, 0.15) is 21.6 Å². The number of carboxylic acids is 1. The third-order valence-corrected chi connectivity index (χ3v) is 3.67. The van der Waals surface area contributed by atoms with Crippen LogP contribution in [-0.4, -0.2) is 25.8 Å². The number of nitrogens with one attached hydrogen (secondary N) is 1. The predicted molar refractivity (Wildman–Crippen MR) is 86.0 cm³/mol. The topological polar surface area (TPSA) is 112 Å². The smallest absolute Gasteiger partial charge is 0.337 e. The first kappa shape index (κ1) is 16.1. The van der Waals surface area contributed by atoms with Crippen LogP contribution >= 0.6 is 0 Å². The maximum absolute atomic E-state index is 13.8. The second kappa shape index (κ2) is 6.05. The number of nitrogens with zero attached hydrogens (tertiary/aromatic N) is 3. The van der Waals surface area contributed by atoms with Crippen LogP contribution in [0.25, 0.3) is 16.9 Å². The zero-order chi connectivity index (χ0) is 18.1. The number of aryl methyl sites for hydroxylation is 1. The van der Waals surface area contributed by atoms with E-state index >= 15 is 0 Å². The summed E-state index contributed by atoms with van der Waals surface area (Å²) in [5, 5.41) is 20.5. The Kier molecular flexibility index (Phi) is 3.91.